The summed E-state index contributed by atoms with van der Waals surface area (Å²) in [5, 5.41) is 2.04. The molecule has 2 N–H and O–H groups in total. The van der Waals surface area contributed by atoms with Crippen LogP contribution in [0.25, 0.3) is 0 Å². The van der Waals surface area contributed by atoms with E-state index in [1.807, 2.05) is 18.4 Å². The smallest absolute Gasteiger partial charge is 0.323 e. The zero-order chi connectivity index (χ0) is 9.84. The summed E-state index contributed by atoms with van der Waals surface area (Å²) < 4.78 is 4.53. The number of ether oxygens (including phenoxy) is 1. The Kier molecular flexibility index (Phi) is 3.45. The predicted molar refractivity (Wildman–Crippen MR) is 52.8 cm³/mol. The van der Waals surface area contributed by atoms with E-state index in [0.29, 0.717) is 6.42 Å². The normalized spacial score (nSPS) is 12.5. The Bertz CT molecular complexity index is 296. The summed E-state index contributed by atoms with van der Waals surface area (Å²) in [6, 6.07) is 1.50. The number of esters is 1. The number of carbonyl (C=O) groups is 1. The maximum atomic E-state index is 11.0. The third-order valence-corrected chi connectivity index (χ3v) is 2.79. The molecule has 3 nitrogen and oxygen atoms in total. The van der Waals surface area contributed by atoms with Gasteiger partial charge in [-0.05, 0) is 23.9 Å². The topological polar surface area (TPSA) is 52.3 Å². The summed E-state index contributed by atoms with van der Waals surface area (Å²) in [5.41, 5.74) is 6.81. The number of nitrogens with two attached hydrogens (primary N) is 1. The molecule has 0 aromatic carbocycles. The van der Waals surface area contributed by atoms with E-state index >= 15 is 0 Å². The third kappa shape index (κ3) is 2.82. The van der Waals surface area contributed by atoms with Gasteiger partial charge in [0, 0.05) is 11.3 Å². The Labute approximate surface area is 81.5 Å². The van der Waals surface area contributed by atoms with Crippen molar-refractivity contribution in [2.45, 2.75) is 19.4 Å². The van der Waals surface area contributed by atoms with Gasteiger partial charge in [0.2, 0.25) is 0 Å². The number of carbonyl (C=O) groups excluding carboxylic acids is 1. The minimum Gasteiger partial charge on any atom is -0.468 e. The van der Waals surface area contributed by atoms with Crippen molar-refractivity contribution in [1.29, 1.82) is 0 Å². The van der Waals surface area contributed by atoms with Crippen LogP contribution < -0.4 is 5.73 Å². The van der Waals surface area contributed by atoms with E-state index in [0.717, 1.165) is 4.88 Å². The quantitative estimate of drug-likeness (QED) is 0.742. The van der Waals surface area contributed by atoms with Crippen molar-refractivity contribution < 1.29 is 9.53 Å². The van der Waals surface area contributed by atoms with Gasteiger partial charge in [-0.1, -0.05) is 0 Å². The molecule has 1 rings (SSSR count). The molecule has 72 valence electrons. The van der Waals surface area contributed by atoms with Gasteiger partial charge in [0.15, 0.2) is 0 Å². The summed E-state index contributed by atoms with van der Waals surface area (Å²) in [7, 11) is 1.35. The zero-order valence-electron chi connectivity index (χ0n) is 7.74. The molecule has 0 aliphatic heterocycles. The lowest BCUT2D eigenvalue weighted by Crippen LogP contribution is -2.33. The van der Waals surface area contributed by atoms with Crippen molar-refractivity contribution in [1.82, 2.24) is 0 Å². The molecule has 1 atom stereocenters. The Balaban J connectivity index is 2.54. The van der Waals surface area contributed by atoms with E-state index in [4.69, 9.17) is 5.73 Å². The number of rotatable bonds is 3. The molecule has 0 fully saturated rings. The molecule has 0 bridgehead atoms. The molecule has 1 unspecified atom stereocenters. The number of thiophene rings is 1. The first kappa shape index (κ1) is 10.2. The van der Waals surface area contributed by atoms with Gasteiger partial charge < -0.3 is 10.5 Å². The van der Waals surface area contributed by atoms with Gasteiger partial charge in [0.1, 0.15) is 6.04 Å². The number of hydrogen-bond donors (Lipinski definition) is 1. The Hall–Kier alpha value is -0.870. The second-order valence-corrected chi connectivity index (χ2v) is 3.92. The van der Waals surface area contributed by atoms with Crippen LogP contribution in [-0.2, 0) is 16.0 Å². The number of methoxy groups -OCH3 is 1. The van der Waals surface area contributed by atoms with Crippen LogP contribution in [0.1, 0.15) is 10.4 Å². The summed E-state index contributed by atoms with van der Waals surface area (Å²) in [5.74, 6) is -0.356. The van der Waals surface area contributed by atoms with Gasteiger partial charge in [-0.3, -0.25) is 4.79 Å². The minimum atomic E-state index is -0.539. The van der Waals surface area contributed by atoms with Crippen LogP contribution in [0.2, 0.25) is 0 Å². The Morgan fingerprint density at radius 1 is 1.77 bits per heavy atom. The first-order chi connectivity index (χ1) is 6.13. The lowest BCUT2D eigenvalue weighted by molar-refractivity contribution is -0.142. The summed E-state index contributed by atoms with van der Waals surface area (Å²) in [4.78, 5) is 12.1. The van der Waals surface area contributed by atoms with Crippen molar-refractivity contribution in [3.05, 3.63) is 21.9 Å². The SMILES string of the molecule is COC(=O)C(N)Cc1cc(C)cs1. The van der Waals surface area contributed by atoms with Gasteiger partial charge in [0.25, 0.3) is 0 Å². The molecule has 0 aliphatic rings. The monoisotopic (exact) mass is 199 g/mol. The predicted octanol–water partition coefficient (Wildman–Crippen LogP) is 1.10. The summed E-state index contributed by atoms with van der Waals surface area (Å²) >= 11 is 1.62. The second kappa shape index (κ2) is 4.39. The van der Waals surface area contributed by atoms with Gasteiger partial charge in [-0.15, -0.1) is 11.3 Å². The maximum Gasteiger partial charge on any atom is 0.323 e. The zero-order valence-corrected chi connectivity index (χ0v) is 8.56. The highest BCUT2D eigenvalue weighted by Crippen LogP contribution is 2.15. The van der Waals surface area contributed by atoms with E-state index in [9.17, 15) is 4.79 Å². The molecule has 1 aromatic heterocycles. The lowest BCUT2D eigenvalue weighted by Gasteiger charge is -2.06. The molecule has 0 amide bonds. The molecular formula is C9H13NO2S. The average molecular weight is 199 g/mol. The summed E-state index contributed by atoms with van der Waals surface area (Å²) in [6.45, 7) is 2.02. The molecule has 1 heterocycles. The molecule has 0 radical (unpaired) electrons. The number of aryl methyl sites for hydroxylation is 1. The van der Waals surface area contributed by atoms with Crippen molar-refractivity contribution in [2.24, 2.45) is 5.73 Å². The van der Waals surface area contributed by atoms with Crippen LogP contribution in [0, 0.1) is 6.92 Å². The highest BCUT2D eigenvalue weighted by molar-refractivity contribution is 7.10. The van der Waals surface area contributed by atoms with Crippen LogP contribution in [0.4, 0.5) is 0 Å². The largest absolute Gasteiger partial charge is 0.468 e. The molecule has 13 heavy (non-hydrogen) atoms. The van der Waals surface area contributed by atoms with Crippen molar-refractivity contribution >= 4 is 17.3 Å². The van der Waals surface area contributed by atoms with E-state index < -0.39 is 6.04 Å². The molecule has 4 heteroatoms. The molecule has 0 saturated heterocycles. The fourth-order valence-corrected chi connectivity index (χ4v) is 1.98. The van der Waals surface area contributed by atoms with E-state index in [1.165, 1.54) is 12.7 Å². The fourth-order valence-electron chi connectivity index (χ4n) is 1.05. The van der Waals surface area contributed by atoms with Crippen LogP contribution in [0.15, 0.2) is 11.4 Å². The van der Waals surface area contributed by atoms with Crippen LogP contribution >= 0.6 is 11.3 Å². The van der Waals surface area contributed by atoms with Crippen LogP contribution in [0.3, 0.4) is 0 Å². The van der Waals surface area contributed by atoms with Gasteiger partial charge in [-0.25, -0.2) is 0 Å². The standard InChI is InChI=1S/C9H13NO2S/c1-6-3-7(13-5-6)4-8(10)9(11)12-2/h3,5,8H,4,10H2,1-2H3. The minimum absolute atomic E-state index is 0.356. The van der Waals surface area contributed by atoms with Crippen LogP contribution in [-0.4, -0.2) is 19.1 Å². The van der Waals surface area contributed by atoms with Gasteiger partial charge in [0.05, 0.1) is 7.11 Å². The van der Waals surface area contributed by atoms with Crippen molar-refractivity contribution in [3.8, 4) is 0 Å². The Morgan fingerprint density at radius 3 is 2.92 bits per heavy atom. The average Bonchev–Trinajstić information content (AvgIpc) is 2.49. The van der Waals surface area contributed by atoms with E-state index in [2.05, 4.69) is 4.74 Å². The van der Waals surface area contributed by atoms with Gasteiger partial charge >= 0.3 is 5.97 Å². The Morgan fingerprint density at radius 2 is 2.46 bits per heavy atom. The second-order valence-electron chi connectivity index (χ2n) is 2.92. The highest BCUT2D eigenvalue weighted by atomic mass is 32.1. The van der Waals surface area contributed by atoms with Gasteiger partial charge in [-0.2, -0.15) is 0 Å². The number of hydrogen-bond acceptors (Lipinski definition) is 4. The molecule has 0 spiro atoms. The first-order valence-electron chi connectivity index (χ1n) is 4.01. The van der Waals surface area contributed by atoms with Crippen LogP contribution in [0.5, 0.6) is 0 Å². The molecular weight excluding hydrogens is 186 g/mol. The molecule has 1 aromatic rings. The molecule has 0 saturated carbocycles. The summed E-state index contributed by atoms with van der Waals surface area (Å²) in [6.07, 6.45) is 0.561. The van der Waals surface area contributed by atoms with Crippen molar-refractivity contribution in [2.75, 3.05) is 7.11 Å². The fraction of sp³-hybridized carbons (Fsp3) is 0.444. The maximum absolute atomic E-state index is 11.0. The highest BCUT2D eigenvalue weighted by Gasteiger charge is 2.14. The first-order valence-corrected chi connectivity index (χ1v) is 4.89. The third-order valence-electron chi connectivity index (χ3n) is 1.71. The van der Waals surface area contributed by atoms with Crippen molar-refractivity contribution in [3.63, 3.8) is 0 Å². The molecule has 0 aliphatic carbocycles. The van der Waals surface area contributed by atoms with E-state index in [1.54, 1.807) is 11.3 Å². The van der Waals surface area contributed by atoms with E-state index in [-0.39, 0.29) is 5.97 Å². The lowest BCUT2D eigenvalue weighted by atomic mass is 10.2.